The van der Waals surface area contributed by atoms with Crippen molar-refractivity contribution in [1.29, 1.82) is 0 Å². The Labute approximate surface area is 121 Å². The lowest BCUT2D eigenvalue weighted by Gasteiger charge is -2.02. The summed E-state index contributed by atoms with van der Waals surface area (Å²) in [4.78, 5) is 4.51. The number of thiazole rings is 1. The van der Waals surface area contributed by atoms with Gasteiger partial charge in [-0.15, -0.1) is 11.3 Å². The van der Waals surface area contributed by atoms with E-state index in [4.69, 9.17) is 0 Å². The largest absolute Gasteiger partial charge is 0.246 e. The van der Waals surface area contributed by atoms with Crippen molar-refractivity contribution in [2.45, 2.75) is 18.8 Å². The fourth-order valence-electron chi connectivity index (χ4n) is 2.44. The molecule has 0 bridgehead atoms. The molecule has 1 aliphatic heterocycles. The van der Waals surface area contributed by atoms with Gasteiger partial charge in [-0.3, -0.25) is 0 Å². The molecule has 1 saturated heterocycles. The summed E-state index contributed by atoms with van der Waals surface area (Å²) in [5.74, 6) is 0.239. The van der Waals surface area contributed by atoms with Crippen molar-refractivity contribution in [3.63, 3.8) is 0 Å². The first-order valence-electron chi connectivity index (χ1n) is 6.41. The van der Waals surface area contributed by atoms with Crippen molar-refractivity contribution in [2.24, 2.45) is 0 Å². The molecule has 6 heteroatoms. The molecule has 1 aromatic carbocycles. The molecule has 20 heavy (non-hydrogen) atoms. The molecule has 1 aromatic heterocycles. The van der Waals surface area contributed by atoms with Gasteiger partial charge in [0.2, 0.25) is 0 Å². The van der Waals surface area contributed by atoms with E-state index in [1.807, 2.05) is 11.4 Å². The Hall–Kier alpha value is -1.27. The number of hydrogen-bond acceptors (Lipinski definition) is 4. The van der Waals surface area contributed by atoms with Crippen LogP contribution in [0.1, 0.15) is 28.6 Å². The second-order valence-corrected chi connectivity index (χ2v) is 8.24. The zero-order valence-electron chi connectivity index (χ0n) is 10.8. The third-order valence-electron chi connectivity index (χ3n) is 3.46. The Morgan fingerprint density at radius 2 is 2.25 bits per heavy atom. The molecule has 3 nitrogen and oxygen atoms in total. The summed E-state index contributed by atoms with van der Waals surface area (Å²) in [6.45, 7) is 0. The Morgan fingerprint density at radius 3 is 2.95 bits per heavy atom. The monoisotopic (exact) mass is 311 g/mol. The maximum Gasteiger partial charge on any atom is 0.151 e. The van der Waals surface area contributed by atoms with Gasteiger partial charge in [0.15, 0.2) is 9.84 Å². The predicted octanol–water partition coefficient (Wildman–Crippen LogP) is 2.78. The molecule has 0 amide bonds. The second kappa shape index (κ2) is 5.26. The minimum Gasteiger partial charge on any atom is -0.246 e. The lowest BCUT2D eigenvalue weighted by Crippen LogP contribution is -2.04. The molecule has 2 aromatic rings. The van der Waals surface area contributed by atoms with Crippen LogP contribution in [-0.2, 0) is 16.3 Å². The number of nitrogens with zero attached hydrogens (tertiary/aromatic N) is 1. The first kappa shape index (κ1) is 13.7. The lowest BCUT2D eigenvalue weighted by atomic mass is 10.1. The standard InChI is InChI=1S/C14H14FNO2S2/c15-12-3-1-2-10(6-12)7-14-16-13(8-19-14)11-4-5-20(17,18)9-11/h1-3,6,8,11H,4-5,7,9H2. The van der Waals surface area contributed by atoms with Gasteiger partial charge in [-0.05, 0) is 24.1 Å². The SMILES string of the molecule is O=S1(=O)CCC(c2csc(Cc3cccc(F)c3)n2)C1. The van der Waals surface area contributed by atoms with Crippen LogP contribution in [0.3, 0.4) is 0 Å². The fourth-order valence-corrected chi connectivity index (χ4v) is 5.11. The molecular formula is C14H14FNO2S2. The first-order chi connectivity index (χ1) is 9.52. The lowest BCUT2D eigenvalue weighted by molar-refractivity contribution is 0.601. The Morgan fingerprint density at radius 1 is 1.40 bits per heavy atom. The Bertz CT molecular complexity index is 724. The van der Waals surface area contributed by atoms with Gasteiger partial charge in [-0.1, -0.05) is 12.1 Å². The molecule has 1 aliphatic rings. The van der Waals surface area contributed by atoms with Crippen molar-refractivity contribution in [3.05, 3.63) is 51.7 Å². The maximum absolute atomic E-state index is 13.1. The molecule has 0 spiro atoms. The Balaban J connectivity index is 1.74. The predicted molar refractivity (Wildman–Crippen MR) is 77.3 cm³/mol. The summed E-state index contributed by atoms with van der Waals surface area (Å²) < 4.78 is 36.1. The number of halogens is 1. The minimum atomic E-state index is -2.88. The summed E-state index contributed by atoms with van der Waals surface area (Å²) in [5.41, 5.74) is 1.74. The zero-order valence-corrected chi connectivity index (χ0v) is 12.4. The molecule has 2 heterocycles. The maximum atomic E-state index is 13.1. The molecule has 0 N–H and O–H groups in total. The highest BCUT2D eigenvalue weighted by atomic mass is 32.2. The number of hydrogen-bond donors (Lipinski definition) is 0. The summed E-state index contributed by atoms with van der Waals surface area (Å²) in [7, 11) is -2.88. The van der Waals surface area contributed by atoms with Crippen LogP contribution < -0.4 is 0 Å². The average molecular weight is 311 g/mol. The van der Waals surface area contributed by atoms with Crippen LogP contribution >= 0.6 is 11.3 Å². The van der Waals surface area contributed by atoms with Gasteiger partial charge in [-0.25, -0.2) is 17.8 Å². The molecule has 1 atom stereocenters. The number of aromatic nitrogens is 1. The molecule has 0 saturated carbocycles. The molecule has 3 rings (SSSR count). The summed E-state index contributed by atoms with van der Waals surface area (Å²) in [6.07, 6.45) is 1.24. The van der Waals surface area contributed by atoms with Crippen molar-refractivity contribution < 1.29 is 12.8 Å². The van der Waals surface area contributed by atoms with Gasteiger partial charge in [0.05, 0.1) is 22.2 Å². The van der Waals surface area contributed by atoms with E-state index in [9.17, 15) is 12.8 Å². The zero-order chi connectivity index (χ0) is 14.2. The van der Waals surface area contributed by atoms with Crippen LogP contribution in [0.15, 0.2) is 29.6 Å². The van der Waals surface area contributed by atoms with E-state index in [0.717, 1.165) is 16.3 Å². The molecule has 0 radical (unpaired) electrons. The number of benzene rings is 1. The highest BCUT2D eigenvalue weighted by molar-refractivity contribution is 7.91. The van der Waals surface area contributed by atoms with Gasteiger partial charge < -0.3 is 0 Å². The van der Waals surface area contributed by atoms with Crippen LogP contribution in [0, 0.1) is 5.82 Å². The van der Waals surface area contributed by atoms with Gasteiger partial charge in [0, 0.05) is 17.7 Å². The quantitative estimate of drug-likeness (QED) is 0.875. The summed E-state index contributed by atoms with van der Waals surface area (Å²) in [6, 6.07) is 6.47. The Kier molecular flexibility index (Phi) is 3.60. The fraction of sp³-hybridized carbons (Fsp3) is 0.357. The second-order valence-electron chi connectivity index (χ2n) is 5.07. The van der Waals surface area contributed by atoms with Gasteiger partial charge in [0.1, 0.15) is 5.82 Å². The van der Waals surface area contributed by atoms with E-state index in [-0.39, 0.29) is 23.2 Å². The van der Waals surface area contributed by atoms with E-state index in [1.165, 1.54) is 23.5 Å². The number of rotatable bonds is 3. The van der Waals surface area contributed by atoms with Gasteiger partial charge in [-0.2, -0.15) is 0 Å². The van der Waals surface area contributed by atoms with Gasteiger partial charge in [0.25, 0.3) is 0 Å². The minimum absolute atomic E-state index is 0.0255. The highest BCUT2D eigenvalue weighted by Gasteiger charge is 2.30. The van der Waals surface area contributed by atoms with Crippen molar-refractivity contribution >= 4 is 21.2 Å². The highest BCUT2D eigenvalue weighted by Crippen LogP contribution is 2.30. The van der Waals surface area contributed by atoms with E-state index >= 15 is 0 Å². The van der Waals surface area contributed by atoms with E-state index in [0.29, 0.717) is 12.8 Å². The smallest absolute Gasteiger partial charge is 0.151 e. The van der Waals surface area contributed by atoms with Crippen molar-refractivity contribution in [1.82, 2.24) is 4.98 Å². The third kappa shape index (κ3) is 3.07. The van der Waals surface area contributed by atoms with E-state index < -0.39 is 9.84 Å². The molecule has 106 valence electrons. The van der Waals surface area contributed by atoms with Crippen molar-refractivity contribution in [3.8, 4) is 0 Å². The van der Waals surface area contributed by atoms with Crippen LogP contribution in [0.4, 0.5) is 4.39 Å². The molecule has 1 unspecified atom stereocenters. The summed E-state index contributed by atoms with van der Waals surface area (Å²) >= 11 is 1.51. The molecular weight excluding hydrogens is 297 g/mol. The first-order valence-corrected chi connectivity index (χ1v) is 9.11. The van der Waals surface area contributed by atoms with Crippen molar-refractivity contribution in [2.75, 3.05) is 11.5 Å². The van der Waals surface area contributed by atoms with Gasteiger partial charge >= 0.3 is 0 Å². The van der Waals surface area contributed by atoms with Crippen LogP contribution in [0.5, 0.6) is 0 Å². The normalized spacial score (nSPS) is 21.1. The van der Waals surface area contributed by atoms with E-state index in [2.05, 4.69) is 4.98 Å². The summed E-state index contributed by atoms with van der Waals surface area (Å²) in [5, 5.41) is 2.83. The topological polar surface area (TPSA) is 47.0 Å². The average Bonchev–Trinajstić information content (AvgIpc) is 2.96. The number of sulfone groups is 1. The van der Waals surface area contributed by atoms with E-state index in [1.54, 1.807) is 6.07 Å². The molecule has 1 fully saturated rings. The van der Waals surface area contributed by atoms with Crippen LogP contribution in [0.25, 0.3) is 0 Å². The van der Waals surface area contributed by atoms with Crippen LogP contribution in [-0.4, -0.2) is 24.9 Å². The molecule has 0 aliphatic carbocycles. The van der Waals surface area contributed by atoms with Crippen LogP contribution in [0.2, 0.25) is 0 Å². The third-order valence-corrected chi connectivity index (χ3v) is 6.10.